The number of thioether (sulfide) groups is 1. The Morgan fingerprint density at radius 3 is 2.76 bits per heavy atom. The quantitative estimate of drug-likeness (QED) is 0.658. The van der Waals surface area contributed by atoms with Gasteiger partial charge in [-0.3, -0.25) is 14.5 Å². The van der Waals surface area contributed by atoms with E-state index >= 15 is 0 Å². The molecule has 1 saturated heterocycles. The van der Waals surface area contributed by atoms with Crippen LogP contribution in [0.5, 0.6) is 5.75 Å². The Kier molecular flexibility index (Phi) is 6.95. The van der Waals surface area contributed by atoms with E-state index in [-0.39, 0.29) is 18.2 Å². The van der Waals surface area contributed by atoms with Gasteiger partial charge in [-0.1, -0.05) is 47.6 Å². The summed E-state index contributed by atoms with van der Waals surface area (Å²) in [6.45, 7) is 4.04. The first kappa shape index (κ1) is 21.0. The third-order valence-corrected chi connectivity index (χ3v) is 5.59. The topological polar surface area (TPSA) is 71.0 Å². The van der Waals surface area contributed by atoms with E-state index in [2.05, 4.69) is 16.9 Å². The molecule has 1 aliphatic rings. The van der Waals surface area contributed by atoms with E-state index in [0.717, 1.165) is 5.69 Å². The Balaban J connectivity index is 1.71. The number of benzene rings is 2. The summed E-state index contributed by atoms with van der Waals surface area (Å²) in [6, 6.07) is 14.3. The fraction of sp³-hybridized carbons (Fsp3) is 0.190. The molecule has 0 aromatic heterocycles. The van der Waals surface area contributed by atoms with Gasteiger partial charge in [-0.05, 0) is 30.3 Å². The summed E-state index contributed by atoms with van der Waals surface area (Å²) in [7, 11) is 1.52. The van der Waals surface area contributed by atoms with E-state index in [1.54, 1.807) is 29.2 Å². The zero-order valence-corrected chi connectivity index (χ0v) is 17.4. The molecule has 1 aliphatic heterocycles. The van der Waals surface area contributed by atoms with Crippen molar-refractivity contribution >= 4 is 51.7 Å². The molecule has 2 amide bonds. The van der Waals surface area contributed by atoms with Crippen LogP contribution in [0.4, 0.5) is 11.4 Å². The second-order valence-electron chi connectivity index (χ2n) is 6.18. The summed E-state index contributed by atoms with van der Waals surface area (Å²) < 4.78 is 5.10. The number of aliphatic imine (C=N–C) groups is 1. The van der Waals surface area contributed by atoms with E-state index in [4.69, 9.17) is 16.3 Å². The lowest BCUT2D eigenvalue weighted by atomic mass is 10.2. The molecule has 1 unspecified atom stereocenters. The number of anilines is 1. The van der Waals surface area contributed by atoms with E-state index in [0.29, 0.717) is 28.2 Å². The molecule has 0 spiro atoms. The summed E-state index contributed by atoms with van der Waals surface area (Å²) in [5.74, 6) is 0.0807. The van der Waals surface area contributed by atoms with Crippen LogP contribution in [0, 0.1) is 0 Å². The number of amides is 2. The number of amidine groups is 1. The van der Waals surface area contributed by atoms with Crippen molar-refractivity contribution in [3.63, 3.8) is 0 Å². The van der Waals surface area contributed by atoms with E-state index in [9.17, 15) is 9.59 Å². The lowest BCUT2D eigenvalue weighted by molar-refractivity contribution is -0.127. The number of rotatable bonds is 7. The molecule has 2 aromatic rings. The minimum absolute atomic E-state index is 0.0224. The van der Waals surface area contributed by atoms with E-state index in [1.807, 2.05) is 30.3 Å². The van der Waals surface area contributed by atoms with Crippen molar-refractivity contribution in [2.75, 3.05) is 19.0 Å². The summed E-state index contributed by atoms with van der Waals surface area (Å²) in [5.41, 5.74) is 1.28. The molecule has 2 aromatic carbocycles. The fourth-order valence-corrected chi connectivity index (χ4v) is 4.18. The van der Waals surface area contributed by atoms with E-state index < -0.39 is 5.25 Å². The number of nitrogens with zero attached hydrogens (tertiary/aromatic N) is 2. The third kappa shape index (κ3) is 5.19. The third-order valence-electron chi connectivity index (χ3n) is 4.12. The highest BCUT2D eigenvalue weighted by molar-refractivity contribution is 8.15. The largest absolute Gasteiger partial charge is 0.495 e. The molecule has 0 aliphatic carbocycles. The Bertz CT molecular complexity index is 949. The van der Waals surface area contributed by atoms with E-state index in [1.165, 1.54) is 18.9 Å². The first-order valence-corrected chi connectivity index (χ1v) is 10.1. The normalized spacial score (nSPS) is 17.4. The molecule has 1 atom stereocenters. The van der Waals surface area contributed by atoms with Gasteiger partial charge >= 0.3 is 0 Å². The summed E-state index contributed by atoms with van der Waals surface area (Å²) >= 11 is 7.37. The van der Waals surface area contributed by atoms with Crippen LogP contribution >= 0.6 is 23.4 Å². The second-order valence-corrected chi connectivity index (χ2v) is 7.75. The zero-order chi connectivity index (χ0) is 20.8. The molecule has 0 bridgehead atoms. The SMILES string of the molecule is C=CCN1C(=O)C(CC(=O)Nc2ccc(OC)c(Cl)c2)SC1=Nc1ccccc1. The predicted molar refractivity (Wildman–Crippen MR) is 118 cm³/mol. The predicted octanol–water partition coefficient (Wildman–Crippen LogP) is 4.49. The van der Waals surface area contributed by atoms with Crippen LogP contribution in [-0.2, 0) is 9.59 Å². The van der Waals surface area contributed by atoms with Crippen molar-refractivity contribution < 1.29 is 14.3 Å². The van der Waals surface area contributed by atoms with Gasteiger partial charge in [0.25, 0.3) is 0 Å². The lowest BCUT2D eigenvalue weighted by Gasteiger charge is -2.14. The fourth-order valence-electron chi connectivity index (χ4n) is 2.76. The second kappa shape index (κ2) is 9.62. The number of methoxy groups -OCH3 is 1. The maximum Gasteiger partial charge on any atom is 0.242 e. The van der Waals surface area contributed by atoms with Crippen molar-refractivity contribution in [1.29, 1.82) is 0 Å². The molecule has 1 N–H and O–H groups in total. The van der Waals surface area contributed by atoms with Crippen molar-refractivity contribution in [1.82, 2.24) is 4.90 Å². The minimum atomic E-state index is -0.550. The summed E-state index contributed by atoms with van der Waals surface area (Å²) in [5, 5.41) is 3.18. The average Bonchev–Trinajstić information content (AvgIpc) is 2.98. The Morgan fingerprint density at radius 2 is 2.10 bits per heavy atom. The minimum Gasteiger partial charge on any atom is -0.495 e. The first-order valence-electron chi connectivity index (χ1n) is 8.88. The van der Waals surface area contributed by atoms with Crippen LogP contribution < -0.4 is 10.1 Å². The van der Waals surface area contributed by atoms with Crippen LogP contribution in [0.25, 0.3) is 0 Å². The van der Waals surface area contributed by atoms with Gasteiger partial charge in [-0.25, -0.2) is 4.99 Å². The maximum atomic E-state index is 12.8. The molecular weight excluding hydrogens is 410 g/mol. The molecule has 0 radical (unpaired) electrons. The lowest BCUT2D eigenvalue weighted by Crippen LogP contribution is -2.33. The highest BCUT2D eigenvalue weighted by Gasteiger charge is 2.38. The number of para-hydroxylation sites is 1. The molecule has 6 nitrogen and oxygen atoms in total. The van der Waals surface area contributed by atoms with Crippen molar-refractivity contribution in [2.24, 2.45) is 4.99 Å². The maximum absolute atomic E-state index is 12.8. The van der Waals surface area contributed by atoms with Crippen molar-refractivity contribution in [3.05, 3.63) is 66.2 Å². The van der Waals surface area contributed by atoms with Crippen LogP contribution in [-0.4, -0.2) is 40.8 Å². The number of hydrogen-bond acceptors (Lipinski definition) is 5. The number of carbonyl (C=O) groups excluding carboxylic acids is 2. The number of carbonyl (C=O) groups is 2. The smallest absolute Gasteiger partial charge is 0.242 e. The zero-order valence-electron chi connectivity index (χ0n) is 15.8. The standard InChI is InChI=1S/C21H20ClN3O3S/c1-3-11-25-20(27)18(29-21(25)24-14-7-5-4-6-8-14)13-19(26)23-15-9-10-17(28-2)16(22)12-15/h3-10,12,18H,1,11,13H2,2H3,(H,23,26). The highest BCUT2D eigenvalue weighted by atomic mass is 35.5. The number of ether oxygens (including phenoxy) is 1. The van der Waals surface area contributed by atoms with Gasteiger partial charge in [0, 0.05) is 18.7 Å². The first-order chi connectivity index (χ1) is 14.0. The summed E-state index contributed by atoms with van der Waals surface area (Å²) in [4.78, 5) is 31.4. The van der Waals surface area contributed by atoms with Crippen molar-refractivity contribution in [3.8, 4) is 5.75 Å². The van der Waals surface area contributed by atoms with Crippen LogP contribution in [0.3, 0.4) is 0 Å². The summed E-state index contributed by atoms with van der Waals surface area (Å²) in [6.07, 6.45) is 1.66. The van der Waals surface area contributed by atoms with Crippen molar-refractivity contribution in [2.45, 2.75) is 11.7 Å². The molecule has 29 heavy (non-hydrogen) atoms. The Morgan fingerprint density at radius 1 is 1.34 bits per heavy atom. The average molecular weight is 430 g/mol. The Labute approximate surface area is 178 Å². The number of hydrogen-bond donors (Lipinski definition) is 1. The van der Waals surface area contributed by atoms with Gasteiger partial charge in [0.2, 0.25) is 11.8 Å². The Hall–Kier alpha value is -2.77. The monoisotopic (exact) mass is 429 g/mol. The van der Waals surface area contributed by atoms with Gasteiger partial charge in [-0.15, -0.1) is 6.58 Å². The molecule has 150 valence electrons. The molecule has 0 saturated carbocycles. The molecule has 8 heteroatoms. The number of nitrogens with one attached hydrogen (secondary N) is 1. The van der Waals surface area contributed by atoms with Crippen LogP contribution in [0.1, 0.15) is 6.42 Å². The van der Waals surface area contributed by atoms with Gasteiger partial charge in [0.1, 0.15) is 11.0 Å². The van der Waals surface area contributed by atoms with Gasteiger partial charge in [0.15, 0.2) is 5.17 Å². The molecule has 1 fully saturated rings. The molecule has 3 rings (SSSR count). The van der Waals surface area contributed by atoms with Gasteiger partial charge in [0.05, 0.1) is 17.8 Å². The van der Waals surface area contributed by atoms with Crippen LogP contribution in [0.2, 0.25) is 5.02 Å². The van der Waals surface area contributed by atoms with Crippen LogP contribution in [0.15, 0.2) is 66.2 Å². The van der Waals surface area contributed by atoms with Gasteiger partial charge < -0.3 is 10.1 Å². The molecular formula is C21H20ClN3O3S. The highest BCUT2D eigenvalue weighted by Crippen LogP contribution is 2.32. The van der Waals surface area contributed by atoms with Gasteiger partial charge in [-0.2, -0.15) is 0 Å². The number of halogens is 1. The molecule has 1 heterocycles.